The molecule has 25 heavy (non-hydrogen) atoms. The Morgan fingerprint density at radius 3 is 2.52 bits per heavy atom. The molecule has 0 saturated carbocycles. The Bertz CT molecular complexity index is 592. The first-order chi connectivity index (χ1) is 12.0. The molecule has 1 heterocycles. The average molecular weight is 346 g/mol. The fourth-order valence-corrected chi connectivity index (χ4v) is 2.33. The van der Waals surface area contributed by atoms with Gasteiger partial charge in [0.2, 0.25) is 0 Å². The van der Waals surface area contributed by atoms with Crippen LogP contribution in [-0.2, 0) is 9.63 Å². The molecule has 0 aliphatic carbocycles. The molecule has 0 unspecified atom stereocenters. The van der Waals surface area contributed by atoms with E-state index in [1.165, 1.54) is 0 Å². The van der Waals surface area contributed by atoms with Crippen LogP contribution in [0.25, 0.3) is 0 Å². The zero-order chi connectivity index (χ0) is 18.1. The van der Waals surface area contributed by atoms with Gasteiger partial charge in [-0.1, -0.05) is 37.2 Å². The number of benzene rings is 1. The summed E-state index contributed by atoms with van der Waals surface area (Å²) in [5.41, 5.74) is 1.66. The first kappa shape index (κ1) is 18.8. The van der Waals surface area contributed by atoms with Gasteiger partial charge in [-0.25, -0.2) is 4.79 Å². The maximum absolute atomic E-state index is 12.2. The summed E-state index contributed by atoms with van der Waals surface area (Å²) in [5, 5.41) is 9.67. The summed E-state index contributed by atoms with van der Waals surface area (Å²) in [6, 6.07) is 9.26. The summed E-state index contributed by atoms with van der Waals surface area (Å²) in [6.07, 6.45) is 1.30. The molecule has 136 valence electrons. The Morgan fingerprint density at radius 1 is 1.20 bits per heavy atom. The second-order valence-electron chi connectivity index (χ2n) is 6.41. The SMILES string of the molecule is CC(C)CNC(=O)CON=C1CCN(C(=O)Nc2ccccc2)CC1. The van der Waals surface area contributed by atoms with Gasteiger partial charge in [-0.15, -0.1) is 0 Å². The highest BCUT2D eigenvalue weighted by molar-refractivity contribution is 5.92. The molecule has 2 N–H and O–H groups in total. The quantitative estimate of drug-likeness (QED) is 0.776. The van der Waals surface area contributed by atoms with Crippen molar-refractivity contribution in [1.29, 1.82) is 0 Å². The van der Waals surface area contributed by atoms with E-state index in [2.05, 4.69) is 15.8 Å². The van der Waals surface area contributed by atoms with E-state index in [0.717, 1.165) is 11.4 Å². The smallest absolute Gasteiger partial charge is 0.321 e. The summed E-state index contributed by atoms with van der Waals surface area (Å²) < 4.78 is 0. The van der Waals surface area contributed by atoms with Crippen LogP contribution < -0.4 is 10.6 Å². The molecule has 3 amide bonds. The number of urea groups is 1. The van der Waals surface area contributed by atoms with Crippen LogP contribution in [0.2, 0.25) is 0 Å². The predicted octanol–water partition coefficient (Wildman–Crippen LogP) is 2.46. The molecule has 1 aromatic carbocycles. The van der Waals surface area contributed by atoms with Gasteiger partial charge in [-0.2, -0.15) is 0 Å². The van der Waals surface area contributed by atoms with E-state index in [0.29, 0.717) is 38.4 Å². The molecule has 7 heteroatoms. The van der Waals surface area contributed by atoms with Gasteiger partial charge in [-0.05, 0) is 18.1 Å². The van der Waals surface area contributed by atoms with Crippen LogP contribution in [0.3, 0.4) is 0 Å². The van der Waals surface area contributed by atoms with Crippen molar-refractivity contribution >= 4 is 23.3 Å². The summed E-state index contributed by atoms with van der Waals surface area (Å²) in [7, 11) is 0. The molecule has 0 atom stereocenters. The van der Waals surface area contributed by atoms with Crippen molar-refractivity contribution < 1.29 is 14.4 Å². The van der Waals surface area contributed by atoms with Crippen molar-refractivity contribution in [3.63, 3.8) is 0 Å². The van der Waals surface area contributed by atoms with Crippen molar-refractivity contribution in [2.75, 3.05) is 31.6 Å². The Morgan fingerprint density at radius 2 is 1.88 bits per heavy atom. The van der Waals surface area contributed by atoms with Gasteiger partial charge in [0.05, 0.1) is 5.71 Å². The molecule has 0 spiro atoms. The number of rotatable bonds is 6. The third-order valence-electron chi connectivity index (χ3n) is 3.75. The second kappa shape index (κ2) is 9.66. The molecule has 1 fully saturated rings. The third-order valence-corrected chi connectivity index (χ3v) is 3.75. The summed E-state index contributed by atoms with van der Waals surface area (Å²) in [4.78, 5) is 30.6. The molecule has 0 bridgehead atoms. The van der Waals surface area contributed by atoms with Crippen LogP contribution in [0.1, 0.15) is 26.7 Å². The molecule has 2 rings (SSSR count). The number of nitrogens with zero attached hydrogens (tertiary/aromatic N) is 2. The standard InChI is InChI=1S/C18H26N4O3/c1-14(2)12-19-17(23)13-25-21-16-8-10-22(11-9-16)18(24)20-15-6-4-3-5-7-15/h3-7,14H,8-13H2,1-2H3,(H,19,23)(H,20,24). The maximum Gasteiger partial charge on any atom is 0.321 e. The van der Waals surface area contributed by atoms with Crippen molar-refractivity contribution in [3.8, 4) is 0 Å². The van der Waals surface area contributed by atoms with Gasteiger partial charge in [0.25, 0.3) is 5.91 Å². The largest absolute Gasteiger partial charge is 0.386 e. The minimum atomic E-state index is -0.169. The highest BCUT2D eigenvalue weighted by Gasteiger charge is 2.20. The van der Waals surface area contributed by atoms with E-state index >= 15 is 0 Å². The molecule has 1 saturated heterocycles. The van der Waals surface area contributed by atoms with Crippen LogP contribution in [-0.4, -0.2) is 48.8 Å². The van der Waals surface area contributed by atoms with Crippen molar-refractivity contribution in [2.45, 2.75) is 26.7 Å². The van der Waals surface area contributed by atoms with Gasteiger partial charge < -0.3 is 20.4 Å². The molecule has 1 aliphatic heterocycles. The van der Waals surface area contributed by atoms with E-state index < -0.39 is 0 Å². The number of amides is 3. The summed E-state index contributed by atoms with van der Waals surface area (Å²) in [6.45, 7) is 5.78. The van der Waals surface area contributed by atoms with Gasteiger partial charge in [0.15, 0.2) is 6.61 Å². The number of piperidine rings is 1. The Kier molecular flexibility index (Phi) is 7.25. The van der Waals surface area contributed by atoms with Gasteiger partial charge >= 0.3 is 6.03 Å². The normalized spacial score (nSPS) is 14.2. The predicted molar refractivity (Wildman–Crippen MR) is 97.5 cm³/mol. The number of carbonyl (C=O) groups excluding carboxylic acids is 2. The molecular weight excluding hydrogens is 320 g/mol. The number of anilines is 1. The second-order valence-corrected chi connectivity index (χ2v) is 6.41. The van der Waals surface area contributed by atoms with E-state index in [1.54, 1.807) is 4.90 Å². The maximum atomic E-state index is 12.2. The monoisotopic (exact) mass is 346 g/mol. The van der Waals surface area contributed by atoms with Crippen molar-refractivity contribution in [3.05, 3.63) is 30.3 Å². The number of oxime groups is 1. The van der Waals surface area contributed by atoms with E-state index in [4.69, 9.17) is 4.84 Å². The third kappa shape index (κ3) is 6.82. The molecule has 0 aromatic heterocycles. The number of likely N-dealkylation sites (tertiary alicyclic amines) is 1. The van der Waals surface area contributed by atoms with E-state index in [1.807, 2.05) is 44.2 Å². The van der Waals surface area contributed by atoms with Gasteiger partial charge in [0.1, 0.15) is 0 Å². The number of carbonyl (C=O) groups is 2. The van der Waals surface area contributed by atoms with Gasteiger partial charge in [-0.3, -0.25) is 4.79 Å². The topological polar surface area (TPSA) is 83.0 Å². The lowest BCUT2D eigenvalue weighted by Crippen LogP contribution is -2.41. The molecule has 0 radical (unpaired) electrons. The van der Waals surface area contributed by atoms with Gasteiger partial charge in [0, 0.05) is 38.2 Å². The fraction of sp³-hybridized carbons (Fsp3) is 0.500. The molecule has 1 aliphatic rings. The average Bonchev–Trinajstić information content (AvgIpc) is 2.61. The van der Waals surface area contributed by atoms with Crippen molar-refractivity contribution in [1.82, 2.24) is 10.2 Å². The van der Waals surface area contributed by atoms with Crippen LogP contribution in [0, 0.1) is 5.92 Å². The minimum absolute atomic E-state index is 0.0750. The first-order valence-electron chi connectivity index (χ1n) is 8.60. The molecular formula is C18H26N4O3. The lowest BCUT2D eigenvalue weighted by atomic mass is 10.1. The van der Waals surface area contributed by atoms with Crippen LogP contribution in [0.4, 0.5) is 10.5 Å². The minimum Gasteiger partial charge on any atom is -0.386 e. The van der Waals surface area contributed by atoms with E-state index in [9.17, 15) is 9.59 Å². The highest BCUT2D eigenvalue weighted by atomic mass is 16.6. The number of nitrogens with one attached hydrogen (secondary N) is 2. The number of hydrogen-bond donors (Lipinski definition) is 2. The Hall–Kier alpha value is -2.57. The van der Waals surface area contributed by atoms with Crippen LogP contribution >= 0.6 is 0 Å². The summed E-state index contributed by atoms with van der Waals surface area (Å²) in [5.74, 6) is 0.236. The first-order valence-corrected chi connectivity index (χ1v) is 8.60. The van der Waals surface area contributed by atoms with Crippen LogP contribution in [0.15, 0.2) is 35.5 Å². The van der Waals surface area contributed by atoms with Crippen molar-refractivity contribution in [2.24, 2.45) is 11.1 Å². The molecule has 1 aromatic rings. The number of para-hydroxylation sites is 1. The lowest BCUT2D eigenvalue weighted by molar-refractivity contribution is -0.125. The zero-order valence-electron chi connectivity index (χ0n) is 14.8. The molecule has 7 nitrogen and oxygen atoms in total. The number of hydrogen-bond acceptors (Lipinski definition) is 4. The fourth-order valence-electron chi connectivity index (χ4n) is 2.33. The summed E-state index contributed by atoms with van der Waals surface area (Å²) >= 11 is 0. The Balaban J connectivity index is 1.68. The van der Waals surface area contributed by atoms with E-state index in [-0.39, 0.29) is 18.5 Å². The highest BCUT2D eigenvalue weighted by Crippen LogP contribution is 2.11. The lowest BCUT2D eigenvalue weighted by Gasteiger charge is -2.27. The van der Waals surface area contributed by atoms with Crippen LogP contribution in [0.5, 0.6) is 0 Å². The Labute approximate surface area is 148 Å². The zero-order valence-corrected chi connectivity index (χ0v) is 14.8.